The second-order valence-electron chi connectivity index (χ2n) is 6.13. The van der Waals surface area contributed by atoms with Crippen molar-refractivity contribution >= 4 is 0 Å². The van der Waals surface area contributed by atoms with Crippen molar-refractivity contribution in [3.8, 4) is 0 Å². The van der Waals surface area contributed by atoms with E-state index in [0.717, 1.165) is 38.9 Å². The van der Waals surface area contributed by atoms with Crippen molar-refractivity contribution in [3.05, 3.63) is 0 Å². The second kappa shape index (κ2) is 6.72. The lowest BCUT2D eigenvalue weighted by atomic mass is 9.85. The number of hydrogen-bond donors (Lipinski definition) is 3. The molecule has 0 atom stereocenters. The van der Waals surface area contributed by atoms with Crippen LogP contribution >= 0.6 is 0 Å². The molecule has 0 unspecified atom stereocenters. The predicted molar refractivity (Wildman–Crippen MR) is 73.3 cm³/mol. The van der Waals surface area contributed by atoms with E-state index in [9.17, 15) is 5.11 Å². The second-order valence-corrected chi connectivity index (χ2v) is 6.13. The zero-order valence-electron chi connectivity index (χ0n) is 11.8. The maximum atomic E-state index is 10.3. The summed E-state index contributed by atoms with van der Waals surface area (Å²) in [6, 6.07) is 0. The van der Waals surface area contributed by atoms with Crippen LogP contribution in [0.2, 0.25) is 0 Å². The van der Waals surface area contributed by atoms with Crippen LogP contribution in [0.3, 0.4) is 0 Å². The summed E-state index contributed by atoms with van der Waals surface area (Å²) in [5.74, 6) is 0. The first-order valence-corrected chi connectivity index (χ1v) is 7.16. The van der Waals surface area contributed by atoms with Gasteiger partial charge < -0.3 is 15.7 Å². The molecule has 0 heterocycles. The van der Waals surface area contributed by atoms with Gasteiger partial charge in [0.05, 0.1) is 5.60 Å². The highest BCUT2D eigenvalue weighted by Gasteiger charge is 2.28. The van der Waals surface area contributed by atoms with Crippen molar-refractivity contribution in [2.24, 2.45) is 0 Å². The van der Waals surface area contributed by atoms with E-state index in [4.69, 9.17) is 0 Å². The van der Waals surface area contributed by atoms with Gasteiger partial charge in [0, 0.05) is 25.2 Å². The Hall–Kier alpha value is -0.120. The molecular weight excluding hydrogens is 212 g/mol. The molecular formula is C14H30N2O. The Morgan fingerprint density at radius 3 is 2.35 bits per heavy atom. The molecule has 1 aliphatic rings. The first kappa shape index (κ1) is 14.9. The van der Waals surface area contributed by atoms with Gasteiger partial charge in [-0.15, -0.1) is 0 Å². The number of nitrogens with one attached hydrogen (secondary N) is 2. The lowest BCUT2D eigenvalue weighted by Gasteiger charge is -2.32. The molecule has 1 rings (SSSR count). The summed E-state index contributed by atoms with van der Waals surface area (Å²) >= 11 is 0. The molecule has 17 heavy (non-hydrogen) atoms. The number of hydrogen-bond acceptors (Lipinski definition) is 3. The van der Waals surface area contributed by atoms with E-state index >= 15 is 0 Å². The van der Waals surface area contributed by atoms with Crippen molar-refractivity contribution in [1.29, 1.82) is 0 Å². The molecule has 1 aliphatic carbocycles. The first-order chi connectivity index (χ1) is 7.97. The maximum absolute atomic E-state index is 10.3. The van der Waals surface area contributed by atoms with E-state index in [-0.39, 0.29) is 5.54 Å². The van der Waals surface area contributed by atoms with E-state index < -0.39 is 5.60 Å². The van der Waals surface area contributed by atoms with Crippen LogP contribution < -0.4 is 10.6 Å². The topological polar surface area (TPSA) is 44.3 Å². The zero-order chi connectivity index (χ0) is 12.8. The molecule has 0 aliphatic heterocycles. The van der Waals surface area contributed by atoms with E-state index in [1.807, 2.05) is 0 Å². The Kier molecular flexibility index (Phi) is 5.90. The van der Waals surface area contributed by atoms with Gasteiger partial charge in [-0.05, 0) is 33.1 Å². The molecule has 0 spiro atoms. The molecule has 0 radical (unpaired) electrons. The summed E-state index contributed by atoms with van der Waals surface area (Å²) in [5.41, 5.74) is -0.206. The van der Waals surface area contributed by atoms with Crippen molar-refractivity contribution in [3.63, 3.8) is 0 Å². The quantitative estimate of drug-likeness (QED) is 0.599. The molecule has 0 bridgehead atoms. The van der Waals surface area contributed by atoms with E-state index in [2.05, 4.69) is 31.4 Å². The average Bonchev–Trinajstić information content (AvgIpc) is 2.29. The Morgan fingerprint density at radius 1 is 1.12 bits per heavy atom. The van der Waals surface area contributed by atoms with E-state index in [1.54, 1.807) is 0 Å². The fourth-order valence-corrected chi connectivity index (χ4v) is 2.32. The van der Waals surface area contributed by atoms with E-state index in [1.165, 1.54) is 19.3 Å². The van der Waals surface area contributed by atoms with Crippen molar-refractivity contribution in [2.45, 2.75) is 70.4 Å². The smallest absolute Gasteiger partial charge is 0.0771 e. The average molecular weight is 242 g/mol. The van der Waals surface area contributed by atoms with Crippen LogP contribution in [0, 0.1) is 0 Å². The molecule has 0 aromatic carbocycles. The summed E-state index contributed by atoms with van der Waals surface area (Å²) < 4.78 is 0. The lowest BCUT2D eigenvalue weighted by molar-refractivity contribution is 0.00512. The highest BCUT2D eigenvalue weighted by molar-refractivity contribution is 4.84. The molecule has 0 saturated heterocycles. The monoisotopic (exact) mass is 242 g/mol. The van der Waals surface area contributed by atoms with Gasteiger partial charge >= 0.3 is 0 Å². The van der Waals surface area contributed by atoms with Crippen LogP contribution in [-0.4, -0.2) is 35.9 Å². The highest BCUT2D eigenvalue weighted by atomic mass is 16.3. The van der Waals surface area contributed by atoms with Crippen LogP contribution in [0.25, 0.3) is 0 Å². The van der Waals surface area contributed by atoms with E-state index in [0.29, 0.717) is 0 Å². The molecule has 1 fully saturated rings. The minimum absolute atomic E-state index is 0.226. The molecule has 0 aromatic rings. The normalized spacial score (nSPS) is 20.5. The van der Waals surface area contributed by atoms with Crippen molar-refractivity contribution in [1.82, 2.24) is 10.6 Å². The van der Waals surface area contributed by atoms with Crippen LogP contribution in [0.5, 0.6) is 0 Å². The predicted octanol–water partition coefficient (Wildman–Crippen LogP) is 2.05. The zero-order valence-corrected chi connectivity index (χ0v) is 11.8. The summed E-state index contributed by atoms with van der Waals surface area (Å²) in [7, 11) is 0. The molecule has 0 aromatic heterocycles. The first-order valence-electron chi connectivity index (χ1n) is 7.16. The fourth-order valence-electron chi connectivity index (χ4n) is 2.32. The molecule has 1 saturated carbocycles. The summed E-state index contributed by atoms with van der Waals surface area (Å²) in [5, 5.41) is 17.2. The van der Waals surface area contributed by atoms with Gasteiger partial charge in [0.15, 0.2) is 0 Å². The largest absolute Gasteiger partial charge is 0.389 e. The van der Waals surface area contributed by atoms with Crippen LogP contribution in [0.1, 0.15) is 59.3 Å². The Labute approximate surface area is 106 Å². The molecule has 3 heteroatoms. The minimum atomic E-state index is -0.432. The van der Waals surface area contributed by atoms with Gasteiger partial charge in [-0.2, -0.15) is 0 Å². The molecule has 102 valence electrons. The van der Waals surface area contributed by atoms with Gasteiger partial charge in [0.1, 0.15) is 0 Å². The fraction of sp³-hybridized carbons (Fsp3) is 1.00. The van der Waals surface area contributed by atoms with Crippen molar-refractivity contribution in [2.75, 3.05) is 19.6 Å². The van der Waals surface area contributed by atoms with Crippen LogP contribution in [0.15, 0.2) is 0 Å². The van der Waals surface area contributed by atoms with Gasteiger partial charge in [-0.1, -0.05) is 26.2 Å². The summed E-state index contributed by atoms with van der Waals surface area (Å²) in [6.45, 7) is 9.30. The highest BCUT2D eigenvalue weighted by Crippen LogP contribution is 2.27. The molecule has 3 nitrogen and oxygen atoms in total. The van der Waals surface area contributed by atoms with Gasteiger partial charge in [-0.3, -0.25) is 0 Å². The standard InChI is InChI=1S/C14H30N2O/c1-4-13(2,3)16-11-10-15-12-14(17)8-6-5-7-9-14/h15-17H,4-12H2,1-3H3. The van der Waals surface area contributed by atoms with Crippen LogP contribution in [0.4, 0.5) is 0 Å². The van der Waals surface area contributed by atoms with Gasteiger partial charge in [-0.25, -0.2) is 0 Å². The maximum Gasteiger partial charge on any atom is 0.0771 e. The minimum Gasteiger partial charge on any atom is -0.389 e. The van der Waals surface area contributed by atoms with Crippen molar-refractivity contribution < 1.29 is 5.11 Å². The summed E-state index contributed by atoms with van der Waals surface area (Å²) in [6.07, 6.45) is 6.71. The SMILES string of the molecule is CCC(C)(C)NCCNCC1(O)CCCCC1. The molecule has 3 N–H and O–H groups in total. The Bertz CT molecular complexity index is 210. The third-order valence-electron chi connectivity index (χ3n) is 4.03. The lowest BCUT2D eigenvalue weighted by Crippen LogP contribution is -2.46. The molecule has 0 amide bonds. The van der Waals surface area contributed by atoms with Gasteiger partial charge in [0.2, 0.25) is 0 Å². The Balaban J connectivity index is 2.07. The Morgan fingerprint density at radius 2 is 1.76 bits per heavy atom. The van der Waals surface area contributed by atoms with Crippen LogP contribution in [-0.2, 0) is 0 Å². The summed E-state index contributed by atoms with van der Waals surface area (Å²) in [4.78, 5) is 0. The number of rotatable bonds is 7. The van der Waals surface area contributed by atoms with Gasteiger partial charge in [0.25, 0.3) is 0 Å². The third-order valence-corrected chi connectivity index (χ3v) is 4.03. The number of aliphatic hydroxyl groups is 1. The third kappa shape index (κ3) is 5.84.